The number of furan rings is 1. The van der Waals surface area contributed by atoms with Crippen LogP contribution < -0.4 is 11.1 Å². The van der Waals surface area contributed by atoms with Crippen molar-refractivity contribution in [2.24, 2.45) is 0 Å². The Morgan fingerprint density at radius 3 is 2.87 bits per heavy atom. The molecule has 0 spiro atoms. The van der Waals surface area contributed by atoms with Gasteiger partial charge < -0.3 is 15.5 Å². The average Bonchev–Trinajstić information content (AvgIpc) is 3.08. The number of nitriles is 1. The highest BCUT2D eigenvalue weighted by atomic mass is 16.3. The van der Waals surface area contributed by atoms with Crippen molar-refractivity contribution >= 4 is 11.8 Å². The first-order chi connectivity index (χ1) is 11.2. The van der Waals surface area contributed by atoms with Gasteiger partial charge >= 0.3 is 0 Å². The fourth-order valence-electron chi connectivity index (χ4n) is 2.17. The normalized spacial score (nSPS) is 10.3. The molecule has 114 valence electrons. The first kappa shape index (κ1) is 14.5. The molecular weight excluding hydrogens is 292 g/mol. The van der Waals surface area contributed by atoms with Crippen LogP contribution in [0.2, 0.25) is 0 Å². The quantitative estimate of drug-likeness (QED) is 0.761. The SMILES string of the molecule is Cc1cccnc1CNc1nc(N)nc(-c2ccco2)c1C#N. The van der Waals surface area contributed by atoms with Crippen molar-refractivity contribution in [3.05, 3.63) is 53.5 Å². The standard InChI is InChI=1S/C16H14N6O/c1-10-4-2-6-19-12(10)9-20-15-11(8-17)14(21-16(18)22-15)13-5-3-7-23-13/h2-7H,9H2,1H3,(H3,18,20,21,22). The highest BCUT2D eigenvalue weighted by Crippen LogP contribution is 2.27. The summed E-state index contributed by atoms with van der Waals surface area (Å²) in [4.78, 5) is 12.5. The van der Waals surface area contributed by atoms with Gasteiger partial charge in [-0.15, -0.1) is 0 Å². The fourth-order valence-corrected chi connectivity index (χ4v) is 2.17. The summed E-state index contributed by atoms with van der Waals surface area (Å²) < 4.78 is 5.32. The molecule has 0 saturated carbocycles. The third-order valence-corrected chi connectivity index (χ3v) is 3.33. The van der Waals surface area contributed by atoms with Gasteiger partial charge in [-0.2, -0.15) is 10.2 Å². The van der Waals surface area contributed by atoms with Gasteiger partial charge in [0.2, 0.25) is 5.95 Å². The number of rotatable bonds is 4. The number of anilines is 2. The van der Waals surface area contributed by atoms with E-state index in [0.29, 0.717) is 23.8 Å². The van der Waals surface area contributed by atoms with Crippen molar-refractivity contribution in [2.75, 3.05) is 11.1 Å². The molecule has 3 aromatic heterocycles. The van der Waals surface area contributed by atoms with Crippen LogP contribution in [0.3, 0.4) is 0 Å². The molecule has 3 aromatic rings. The second kappa shape index (κ2) is 6.15. The van der Waals surface area contributed by atoms with Crippen LogP contribution in [0.1, 0.15) is 16.8 Å². The van der Waals surface area contributed by atoms with E-state index in [4.69, 9.17) is 10.2 Å². The molecule has 0 radical (unpaired) electrons. The lowest BCUT2D eigenvalue weighted by atomic mass is 10.1. The topological polar surface area (TPSA) is 114 Å². The predicted molar refractivity (Wildman–Crippen MR) is 85.2 cm³/mol. The van der Waals surface area contributed by atoms with E-state index >= 15 is 0 Å². The summed E-state index contributed by atoms with van der Waals surface area (Å²) in [6.07, 6.45) is 3.23. The van der Waals surface area contributed by atoms with Crippen LogP contribution >= 0.6 is 0 Å². The number of hydrogen-bond acceptors (Lipinski definition) is 7. The Bertz CT molecular complexity index is 867. The van der Waals surface area contributed by atoms with Gasteiger partial charge in [0.05, 0.1) is 18.5 Å². The van der Waals surface area contributed by atoms with Gasteiger partial charge in [-0.3, -0.25) is 4.98 Å². The third kappa shape index (κ3) is 2.96. The summed E-state index contributed by atoms with van der Waals surface area (Å²) in [5.74, 6) is 0.889. The van der Waals surface area contributed by atoms with Crippen molar-refractivity contribution in [1.29, 1.82) is 5.26 Å². The van der Waals surface area contributed by atoms with Crippen LogP contribution in [0.15, 0.2) is 41.1 Å². The van der Waals surface area contributed by atoms with Crippen LogP contribution in [0, 0.1) is 18.3 Å². The highest BCUT2D eigenvalue weighted by Gasteiger charge is 2.17. The van der Waals surface area contributed by atoms with Gasteiger partial charge in [0, 0.05) is 6.20 Å². The van der Waals surface area contributed by atoms with E-state index in [0.717, 1.165) is 11.3 Å². The van der Waals surface area contributed by atoms with Gasteiger partial charge in [-0.1, -0.05) is 6.07 Å². The van der Waals surface area contributed by atoms with E-state index < -0.39 is 0 Å². The van der Waals surface area contributed by atoms with Gasteiger partial charge in [-0.25, -0.2) is 4.98 Å². The minimum atomic E-state index is 0.0654. The van der Waals surface area contributed by atoms with Gasteiger partial charge in [0.15, 0.2) is 11.6 Å². The smallest absolute Gasteiger partial charge is 0.222 e. The Balaban J connectivity index is 1.96. The molecule has 0 aliphatic carbocycles. The summed E-state index contributed by atoms with van der Waals surface area (Å²) in [5.41, 5.74) is 8.32. The molecule has 7 heteroatoms. The second-order valence-corrected chi connectivity index (χ2v) is 4.86. The molecule has 3 heterocycles. The number of nitrogens with two attached hydrogens (primary N) is 1. The van der Waals surface area contributed by atoms with E-state index in [9.17, 15) is 5.26 Å². The zero-order chi connectivity index (χ0) is 16.2. The van der Waals surface area contributed by atoms with Crippen LogP contribution in [0.4, 0.5) is 11.8 Å². The number of hydrogen-bond donors (Lipinski definition) is 2. The van der Waals surface area contributed by atoms with E-state index in [1.165, 1.54) is 6.26 Å². The van der Waals surface area contributed by atoms with E-state index in [1.807, 2.05) is 19.1 Å². The summed E-state index contributed by atoms with van der Waals surface area (Å²) >= 11 is 0. The summed E-state index contributed by atoms with van der Waals surface area (Å²) in [5, 5.41) is 12.6. The minimum Gasteiger partial charge on any atom is -0.463 e. The lowest BCUT2D eigenvalue weighted by Gasteiger charge is -2.11. The molecule has 3 N–H and O–H groups in total. The molecule has 0 atom stereocenters. The molecular formula is C16H14N6O. The molecule has 0 saturated heterocycles. The van der Waals surface area contributed by atoms with Crippen molar-refractivity contribution in [3.63, 3.8) is 0 Å². The summed E-state index contributed by atoms with van der Waals surface area (Å²) in [6.45, 7) is 2.40. The zero-order valence-corrected chi connectivity index (χ0v) is 12.4. The number of nitrogen functional groups attached to an aromatic ring is 1. The lowest BCUT2D eigenvalue weighted by Crippen LogP contribution is -2.10. The molecule has 0 bridgehead atoms. The van der Waals surface area contributed by atoms with Crippen LogP contribution in [-0.4, -0.2) is 15.0 Å². The Morgan fingerprint density at radius 2 is 2.17 bits per heavy atom. The monoisotopic (exact) mass is 306 g/mol. The average molecular weight is 306 g/mol. The van der Waals surface area contributed by atoms with Crippen molar-refractivity contribution in [3.8, 4) is 17.5 Å². The Morgan fingerprint density at radius 1 is 1.30 bits per heavy atom. The molecule has 0 unspecified atom stereocenters. The Labute approximate surface area is 132 Å². The molecule has 7 nitrogen and oxygen atoms in total. The van der Waals surface area contributed by atoms with Gasteiger partial charge in [-0.05, 0) is 30.7 Å². The molecule has 23 heavy (non-hydrogen) atoms. The van der Waals surface area contributed by atoms with E-state index in [1.54, 1.807) is 18.3 Å². The maximum Gasteiger partial charge on any atom is 0.222 e. The molecule has 0 fully saturated rings. The largest absolute Gasteiger partial charge is 0.463 e. The number of nitrogens with zero attached hydrogens (tertiary/aromatic N) is 4. The maximum absolute atomic E-state index is 9.47. The summed E-state index contributed by atoms with van der Waals surface area (Å²) in [7, 11) is 0. The third-order valence-electron chi connectivity index (χ3n) is 3.33. The van der Waals surface area contributed by atoms with E-state index in [2.05, 4.69) is 26.3 Å². The van der Waals surface area contributed by atoms with Gasteiger partial charge in [0.25, 0.3) is 0 Å². The number of pyridine rings is 1. The number of nitrogens with one attached hydrogen (secondary N) is 1. The minimum absolute atomic E-state index is 0.0654. The van der Waals surface area contributed by atoms with Gasteiger partial charge in [0.1, 0.15) is 17.3 Å². The fraction of sp³-hybridized carbons (Fsp3) is 0.125. The number of aryl methyl sites for hydroxylation is 1. The first-order valence-electron chi connectivity index (χ1n) is 6.95. The van der Waals surface area contributed by atoms with Crippen LogP contribution in [0.5, 0.6) is 0 Å². The van der Waals surface area contributed by atoms with Crippen molar-refractivity contribution in [2.45, 2.75) is 13.5 Å². The lowest BCUT2D eigenvalue weighted by molar-refractivity contribution is 0.580. The first-order valence-corrected chi connectivity index (χ1v) is 6.95. The predicted octanol–water partition coefficient (Wildman–Crippen LogP) is 2.51. The molecule has 0 aliphatic rings. The van der Waals surface area contributed by atoms with Crippen molar-refractivity contribution in [1.82, 2.24) is 15.0 Å². The number of aromatic nitrogens is 3. The van der Waals surface area contributed by atoms with Crippen molar-refractivity contribution < 1.29 is 4.42 Å². The Hall–Kier alpha value is -3.40. The molecule has 0 aliphatic heterocycles. The second-order valence-electron chi connectivity index (χ2n) is 4.86. The molecule has 0 aromatic carbocycles. The van der Waals surface area contributed by atoms with E-state index in [-0.39, 0.29) is 11.5 Å². The van der Waals surface area contributed by atoms with Crippen LogP contribution in [0.25, 0.3) is 11.5 Å². The van der Waals surface area contributed by atoms with Crippen LogP contribution in [-0.2, 0) is 6.54 Å². The summed E-state index contributed by atoms with van der Waals surface area (Å²) in [6, 6.07) is 9.39. The zero-order valence-electron chi connectivity index (χ0n) is 12.4. The molecule has 3 rings (SSSR count). The molecule has 0 amide bonds. The maximum atomic E-state index is 9.47. The Kier molecular flexibility index (Phi) is 3.89. The highest BCUT2D eigenvalue weighted by molar-refractivity contribution is 5.71.